The van der Waals surface area contributed by atoms with Crippen molar-refractivity contribution in [1.29, 1.82) is 0 Å². The number of esters is 1. The molecule has 0 bridgehead atoms. The van der Waals surface area contributed by atoms with Gasteiger partial charge in [0.15, 0.2) is 0 Å². The van der Waals surface area contributed by atoms with Gasteiger partial charge in [0.2, 0.25) is 0 Å². The summed E-state index contributed by atoms with van der Waals surface area (Å²) in [5.74, 6) is 4.89. The van der Waals surface area contributed by atoms with Crippen molar-refractivity contribution in [1.82, 2.24) is 0 Å². The number of benzene rings is 1. The normalized spacial score (nSPS) is 31.7. The third kappa shape index (κ3) is 6.64. The zero-order valence-electron chi connectivity index (χ0n) is 21.4. The predicted octanol–water partition coefficient (Wildman–Crippen LogP) is 8.71. The number of allylic oxidation sites excluding steroid dienone is 3. The molecule has 186 valence electrons. The molecule has 2 heteroatoms. The van der Waals surface area contributed by atoms with Gasteiger partial charge in [-0.2, -0.15) is 0 Å². The Bertz CT molecular complexity index is 799. The maximum atomic E-state index is 13.2. The predicted molar refractivity (Wildman–Crippen MR) is 142 cm³/mol. The van der Waals surface area contributed by atoms with E-state index >= 15 is 0 Å². The minimum absolute atomic E-state index is 0.0219. The molecule has 34 heavy (non-hydrogen) atoms. The molecule has 3 fully saturated rings. The van der Waals surface area contributed by atoms with E-state index in [0.29, 0.717) is 11.7 Å². The Morgan fingerprint density at radius 2 is 1.71 bits per heavy atom. The Morgan fingerprint density at radius 1 is 0.941 bits per heavy atom. The van der Waals surface area contributed by atoms with Gasteiger partial charge in [0, 0.05) is 0 Å². The monoisotopic (exact) mass is 462 g/mol. The molecule has 4 atom stereocenters. The quantitative estimate of drug-likeness (QED) is 0.208. The Hall–Kier alpha value is -1.83. The molecule has 1 aromatic rings. The molecule has 0 radical (unpaired) electrons. The molecule has 0 heterocycles. The van der Waals surface area contributed by atoms with Crippen molar-refractivity contribution in [2.75, 3.05) is 0 Å². The largest absolute Gasteiger partial charge is 0.426 e. The number of rotatable bonds is 9. The molecule has 0 aromatic heterocycles. The second-order valence-corrected chi connectivity index (χ2v) is 11.4. The molecular formula is C32H46O2. The summed E-state index contributed by atoms with van der Waals surface area (Å²) in [5, 5.41) is 0. The summed E-state index contributed by atoms with van der Waals surface area (Å²) < 4.78 is 5.89. The molecule has 2 nitrogen and oxygen atoms in total. The summed E-state index contributed by atoms with van der Waals surface area (Å²) in [6.45, 7) is 5.92. The van der Waals surface area contributed by atoms with E-state index in [9.17, 15) is 4.79 Å². The van der Waals surface area contributed by atoms with Gasteiger partial charge in [0.25, 0.3) is 0 Å². The lowest BCUT2D eigenvalue weighted by molar-refractivity contribution is -0.144. The summed E-state index contributed by atoms with van der Waals surface area (Å²) in [5.41, 5.74) is 1.27. The van der Waals surface area contributed by atoms with Crippen LogP contribution in [0.5, 0.6) is 5.75 Å². The Labute approximate surface area is 208 Å². The van der Waals surface area contributed by atoms with Crippen LogP contribution in [0.2, 0.25) is 0 Å². The van der Waals surface area contributed by atoms with Gasteiger partial charge in [-0.15, -0.1) is 6.58 Å². The van der Waals surface area contributed by atoms with Crippen molar-refractivity contribution in [3.8, 4) is 5.75 Å². The van der Waals surface area contributed by atoms with Crippen LogP contribution in [0.1, 0.15) is 96.0 Å². The van der Waals surface area contributed by atoms with Crippen LogP contribution in [-0.2, 0) is 11.2 Å². The van der Waals surface area contributed by atoms with Crippen molar-refractivity contribution >= 4 is 5.97 Å². The van der Waals surface area contributed by atoms with E-state index < -0.39 is 0 Å². The van der Waals surface area contributed by atoms with Gasteiger partial charge in [-0.1, -0.05) is 56.0 Å². The first-order valence-electron chi connectivity index (χ1n) is 14.2. The van der Waals surface area contributed by atoms with Gasteiger partial charge in [0.1, 0.15) is 5.75 Å². The van der Waals surface area contributed by atoms with Crippen molar-refractivity contribution in [2.45, 2.75) is 96.8 Å². The van der Waals surface area contributed by atoms with Gasteiger partial charge in [-0.3, -0.25) is 4.79 Å². The van der Waals surface area contributed by atoms with Crippen LogP contribution in [0.4, 0.5) is 0 Å². The Balaban J connectivity index is 1.26. The Kier molecular flexibility index (Phi) is 9.48. The van der Waals surface area contributed by atoms with Gasteiger partial charge in [0.05, 0.1) is 5.92 Å². The first-order valence-corrected chi connectivity index (χ1v) is 14.2. The highest BCUT2D eigenvalue weighted by Gasteiger charge is 2.43. The maximum absolute atomic E-state index is 13.2. The minimum Gasteiger partial charge on any atom is -0.426 e. The smallest absolute Gasteiger partial charge is 0.314 e. The van der Waals surface area contributed by atoms with Gasteiger partial charge >= 0.3 is 5.97 Å². The van der Waals surface area contributed by atoms with Crippen LogP contribution in [0.3, 0.4) is 0 Å². The molecule has 0 N–H and O–H groups in total. The molecule has 4 unspecified atom stereocenters. The van der Waals surface area contributed by atoms with Crippen LogP contribution in [0, 0.1) is 35.5 Å². The Morgan fingerprint density at radius 3 is 2.44 bits per heavy atom. The van der Waals surface area contributed by atoms with Crippen LogP contribution in [0.15, 0.2) is 49.1 Å². The highest BCUT2D eigenvalue weighted by Crippen LogP contribution is 2.50. The molecule has 3 aliphatic carbocycles. The van der Waals surface area contributed by atoms with E-state index in [1.54, 1.807) is 0 Å². The summed E-state index contributed by atoms with van der Waals surface area (Å²) >= 11 is 0. The minimum atomic E-state index is 0.0219. The van der Waals surface area contributed by atoms with Crippen molar-refractivity contribution in [3.05, 3.63) is 54.6 Å². The lowest BCUT2D eigenvalue weighted by Gasteiger charge is -2.46. The zero-order valence-corrected chi connectivity index (χ0v) is 21.4. The number of ether oxygens (including phenoxy) is 1. The number of hydrogen-bond donors (Lipinski definition) is 0. The third-order valence-corrected chi connectivity index (χ3v) is 9.31. The number of hydrogen-bond acceptors (Lipinski definition) is 2. The van der Waals surface area contributed by atoms with E-state index in [4.69, 9.17) is 4.74 Å². The fourth-order valence-corrected chi connectivity index (χ4v) is 7.35. The summed E-state index contributed by atoms with van der Waals surface area (Å²) in [6.07, 6.45) is 24.3. The van der Waals surface area contributed by atoms with Crippen LogP contribution in [-0.4, -0.2) is 5.97 Å². The molecule has 0 aliphatic heterocycles. The van der Waals surface area contributed by atoms with E-state index in [1.165, 1.54) is 76.2 Å². The van der Waals surface area contributed by atoms with Gasteiger partial charge in [-0.05, 0) is 118 Å². The van der Waals surface area contributed by atoms with Gasteiger partial charge in [-0.25, -0.2) is 0 Å². The molecule has 0 saturated heterocycles. The summed E-state index contributed by atoms with van der Waals surface area (Å²) in [7, 11) is 0. The zero-order chi connectivity index (χ0) is 23.8. The molecule has 0 spiro atoms. The average Bonchev–Trinajstić information content (AvgIpc) is 2.88. The third-order valence-electron chi connectivity index (χ3n) is 9.31. The molecule has 4 rings (SSSR count). The highest BCUT2D eigenvalue weighted by atomic mass is 16.5. The van der Waals surface area contributed by atoms with Crippen molar-refractivity contribution in [3.63, 3.8) is 0 Å². The molecule has 3 aliphatic rings. The molecular weight excluding hydrogens is 416 g/mol. The molecule has 0 amide bonds. The van der Waals surface area contributed by atoms with Crippen molar-refractivity contribution in [2.24, 2.45) is 35.5 Å². The van der Waals surface area contributed by atoms with E-state index in [2.05, 4.69) is 37.8 Å². The first kappa shape index (κ1) is 25.3. The first-order chi connectivity index (χ1) is 16.7. The number of carbonyl (C=O) groups is 1. The van der Waals surface area contributed by atoms with Crippen LogP contribution < -0.4 is 4.74 Å². The van der Waals surface area contributed by atoms with Crippen LogP contribution in [0.25, 0.3) is 0 Å². The van der Waals surface area contributed by atoms with E-state index in [-0.39, 0.29) is 11.9 Å². The lowest BCUT2D eigenvalue weighted by atomic mass is 9.59. The standard InChI is InChI=1S/C32H46O2/c1-3-5-7-10-25-13-17-26(18-14-25)27-19-22-30-28(23-27)11-8-12-31(30)32(33)34-29-20-15-24(16-21-29)9-6-4-2/h3-5,15-16,20-21,25-28,30-31H,2,6-14,17-19,22-23H2,1H3/b5-3+. The number of aryl methyl sites for hydroxylation is 1. The average molecular weight is 463 g/mol. The summed E-state index contributed by atoms with van der Waals surface area (Å²) in [4.78, 5) is 13.2. The maximum Gasteiger partial charge on any atom is 0.314 e. The SMILES string of the molecule is C=CCCc1ccc(OC(=O)C2CCCC3CC(C4CCC(CC/C=C/C)CC4)CCC32)cc1. The van der Waals surface area contributed by atoms with Crippen molar-refractivity contribution < 1.29 is 9.53 Å². The number of carbonyl (C=O) groups excluding carboxylic acids is 1. The van der Waals surface area contributed by atoms with Gasteiger partial charge < -0.3 is 4.74 Å². The van der Waals surface area contributed by atoms with E-state index in [1.807, 2.05) is 18.2 Å². The highest BCUT2D eigenvalue weighted by molar-refractivity contribution is 5.75. The summed E-state index contributed by atoms with van der Waals surface area (Å²) in [6, 6.07) is 8.08. The topological polar surface area (TPSA) is 26.3 Å². The second-order valence-electron chi connectivity index (χ2n) is 11.4. The molecule has 1 aromatic carbocycles. The van der Waals surface area contributed by atoms with Crippen LogP contribution >= 0.6 is 0 Å². The lowest BCUT2D eigenvalue weighted by Crippen LogP contribution is -2.40. The number of fused-ring (bicyclic) bond motifs is 1. The second kappa shape index (κ2) is 12.8. The van der Waals surface area contributed by atoms with E-state index in [0.717, 1.165) is 42.9 Å². The molecule has 3 saturated carbocycles. The fraction of sp³-hybridized carbons (Fsp3) is 0.656. The fourth-order valence-electron chi connectivity index (χ4n) is 7.35.